The van der Waals surface area contributed by atoms with Crippen molar-refractivity contribution < 1.29 is 38.4 Å². The van der Waals surface area contributed by atoms with E-state index in [2.05, 4.69) is 0 Å². The average molecular weight is 308 g/mol. The molecule has 0 aliphatic carbocycles. The molecule has 0 aliphatic heterocycles. The Morgan fingerprint density at radius 3 is 0.700 bits per heavy atom. The first-order valence-corrected chi connectivity index (χ1v) is 4.27. The van der Waals surface area contributed by atoms with Gasteiger partial charge in [0, 0.05) is 0 Å². The normalized spacial score (nSPS) is 6.00. The second-order valence-corrected chi connectivity index (χ2v) is 2.67. The summed E-state index contributed by atoms with van der Waals surface area (Å²) < 4.78 is 0. The first-order valence-electron chi connectivity index (χ1n) is 4.27. The van der Waals surface area contributed by atoms with E-state index in [0.717, 1.165) is 0 Å². The van der Waals surface area contributed by atoms with Crippen LogP contribution in [0.5, 0.6) is 11.5 Å². The van der Waals surface area contributed by atoms with Crippen molar-refractivity contribution in [3.05, 3.63) is 60.7 Å². The number of para-hydroxylation sites is 2. The molecule has 0 aromatic heterocycles. The van der Waals surface area contributed by atoms with Crippen molar-refractivity contribution in [3.8, 4) is 11.5 Å². The molecule has 0 aliphatic rings. The summed E-state index contributed by atoms with van der Waals surface area (Å²) in [5.74, 6) is 0.644. The molecule has 120 valence electrons. The predicted octanol–water partition coefficient (Wildman–Crippen LogP) is 3.70. The average Bonchev–Trinajstić information content (AvgIpc) is 2.21. The fourth-order valence-corrected chi connectivity index (χ4v) is 0.856. The van der Waals surface area contributed by atoms with Gasteiger partial charge >= 0.3 is 0 Å². The smallest absolute Gasteiger partial charge is 0.115 e. The summed E-state index contributed by atoms with van der Waals surface area (Å²) in [6.45, 7) is 0. The van der Waals surface area contributed by atoms with Crippen LogP contribution < -0.4 is 0 Å². The number of phenols is 2. The third-order valence-electron chi connectivity index (χ3n) is 1.51. The lowest BCUT2D eigenvalue weighted by Gasteiger charge is -1.82. The van der Waals surface area contributed by atoms with Gasteiger partial charge in [0.1, 0.15) is 11.5 Å². The van der Waals surface area contributed by atoms with Crippen LogP contribution in [0.15, 0.2) is 60.7 Å². The summed E-state index contributed by atoms with van der Waals surface area (Å²) in [6.07, 6.45) is 0. The molecule has 0 spiro atoms. The van der Waals surface area contributed by atoms with Gasteiger partial charge in [-0.15, -0.1) is 0 Å². The molecule has 0 unspecified atom stereocenters. The zero-order valence-corrected chi connectivity index (χ0v) is 10.1. The SMILES string of the molecule is F.F.F.F.F.F.Oc1ccccc1.Oc1ccccc1. The highest BCUT2D eigenvalue weighted by atomic mass is 19.0. The fraction of sp³-hybridized carbons (Fsp3) is 0. The summed E-state index contributed by atoms with van der Waals surface area (Å²) in [4.78, 5) is 0. The van der Waals surface area contributed by atoms with Crippen LogP contribution in [0.4, 0.5) is 28.2 Å². The summed E-state index contributed by atoms with van der Waals surface area (Å²) in [5, 5.41) is 17.3. The highest BCUT2D eigenvalue weighted by Gasteiger charge is 1.75. The Bertz CT molecular complexity index is 323. The van der Waals surface area contributed by atoms with Gasteiger partial charge in [-0.3, -0.25) is 28.2 Å². The molecule has 0 bridgehead atoms. The van der Waals surface area contributed by atoms with Crippen molar-refractivity contribution in [2.45, 2.75) is 0 Å². The van der Waals surface area contributed by atoms with Crippen molar-refractivity contribution in [1.29, 1.82) is 0 Å². The maximum atomic E-state index is 8.63. The third-order valence-corrected chi connectivity index (χ3v) is 1.51. The second-order valence-electron chi connectivity index (χ2n) is 2.67. The Kier molecular flexibility index (Phi) is 39.4. The van der Waals surface area contributed by atoms with Crippen molar-refractivity contribution in [2.75, 3.05) is 0 Å². The molecule has 20 heavy (non-hydrogen) atoms. The van der Waals surface area contributed by atoms with Gasteiger partial charge in [-0.1, -0.05) is 36.4 Å². The Hall–Kier alpha value is -2.38. The van der Waals surface area contributed by atoms with Crippen molar-refractivity contribution in [2.24, 2.45) is 0 Å². The van der Waals surface area contributed by atoms with Gasteiger partial charge < -0.3 is 10.2 Å². The molecule has 2 rings (SSSR count). The molecule has 0 radical (unpaired) electrons. The first-order chi connectivity index (χ1) is 6.79. The van der Waals surface area contributed by atoms with E-state index in [4.69, 9.17) is 10.2 Å². The van der Waals surface area contributed by atoms with E-state index in [-0.39, 0.29) is 28.2 Å². The van der Waals surface area contributed by atoms with E-state index >= 15 is 0 Å². The van der Waals surface area contributed by atoms with E-state index in [1.54, 1.807) is 48.5 Å². The number of phenolic OH excluding ortho intramolecular Hbond substituents is 2. The molecule has 0 fully saturated rings. The zero-order valence-electron chi connectivity index (χ0n) is 10.1. The minimum Gasteiger partial charge on any atom is -0.508 e. The van der Waals surface area contributed by atoms with E-state index in [1.165, 1.54) is 0 Å². The topological polar surface area (TPSA) is 40.5 Å². The maximum absolute atomic E-state index is 8.63. The van der Waals surface area contributed by atoms with E-state index in [0.29, 0.717) is 11.5 Å². The molecular formula is C12H18F6O2. The first kappa shape index (κ1) is 36.0. The summed E-state index contributed by atoms with van der Waals surface area (Å²) >= 11 is 0. The molecule has 2 nitrogen and oxygen atoms in total. The lowest BCUT2D eigenvalue weighted by atomic mass is 10.3. The van der Waals surface area contributed by atoms with Gasteiger partial charge in [0.2, 0.25) is 0 Å². The molecule has 2 N–H and O–H groups in total. The van der Waals surface area contributed by atoms with Gasteiger partial charge in [0.25, 0.3) is 0 Å². The van der Waals surface area contributed by atoms with Gasteiger partial charge in [-0.2, -0.15) is 0 Å². The number of halogens is 6. The highest BCUT2D eigenvalue weighted by Crippen LogP contribution is 2.03. The monoisotopic (exact) mass is 308 g/mol. The van der Waals surface area contributed by atoms with Gasteiger partial charge in [-0.25, -0.2) is 0 Å². The Morgan fingerprint density at radius 1 is 0.400 bits per heavy atom. The molecule has 0 saturated heterocycles. The van der Waals surface area contributed by atoms with Crippen molar-refractivity contribution >= 4 is 0 Å². The maximum Gasteiger partial charge on any atom is 0.115 e. The number of rotatable bonds is 0. The molecule has 2 aromatic rings. The highest BCUT2D eigenvalue weighted by molar-refractivity contribution is 5.19. The quantitative estimate of drug-likeness (QED) is 0.729. The number of hydrogen-bond acceptors (Lipinski definition) is 2. The lowest BCUT2D eigenvalue weighted by Crippen LogP contribution is -1.56. The van der Waals surface area contributed by atoms with Crippen LogP contribution in [-0.2, 0) is 0 Å². The predicted molar refractivity (Wildman–Crippen MR) is 71.2 cm³/mol. The van der Waals surface area contributed by atoms with E-state index in [9.17, 15) is 0 Å². The number of hydrogen-bond donors (Lipinski definition) is 2. The van der Waals surface area contributed by atoms with Crippen molar-refractivity contribution in [1.82, 2.24) is 0 Å². The minimum atomic E-state index is 0. The molecule has 0 atom stereocenters. The van der Waals surface area contributed by atoms with E-state index in [1.807, 2.05) is 12.1 Å². The van der Waals surface area contributed by atoms with Crippen LogP contribution in [-0.4, -0.2) is 10.2 Å². The summed E-state index contributed by atoms with van der Waals surface area (Å²) in [5.41, 5.74) is 0. The summed E-state index contributed by atoms with van der Waals surface area (Å²) in [6, 6.07) is 17.4. The van der Waals surface area contributed by atoms with Crippen LogP contribution in [0, 0.1) is 0 Å². The molecule has 2 aromatic carbocycles. The zero-order chi connectivity index (χ0) is 10.2. The third kappa shape index (κ3) is 18.0. The molecule has 0 amide bonds. The van der Waals surface area contributed by atoms with Crippen LogP contribution in [0.2, 0.25) is 0 Å². The van der Waals surface area contributed by atoms with Crippen LogP contribution in [0.25, 0.3) is 0 Å². The van der Waals surface area contributed by atoms with Crippen molar-refractivity contribution in [3.63, 3.8) is 0 Å². The Morgan fingerprint density at radius 2 is 0.600 bits per heavy atom. The fourth-order valence-electron chi connectivity index (χ4n) is 0.856. The van der Waals surface area contributed by atoms with E-state index < -0.39 is 0 Å². The minimum absolute atomic E-state index is 0. The Labute approximate surface area is 111 Å². The largest absolute Gasteiger partial charge is 0.508 e. The standard InChI is InChI=1S/2C6H6O.6FH/c2*7-6-4-2-1-3-5-6;;;;;;/h2*1-5,7H;6*1H. The Balaban J connectivity index is -0.0000000377. The van der Waals surface area contributed by atoms with Gasteiger partial charge in [0.05, 0.1) is 0 Å². The summed E-state index contributed by atoms with van der Waals surface area (Å²) in [7, 11) is 0. The molecule has 8 heteroatoms. The molecular weight excluding hydrogens is 290 g/mol. The number of benzene rings is 2. The molecule has 0 saturated carbocycles. The van der Waals surface area contributed by atoms with Gasteiger partial charge in [0.15, 0.2) is 0 Å². The van der Waals surface area contributed by atoms with Gasteiger partial charge in [-0.05, 0) is 24.3 Å². The second kappa shape index (κ2) is 21.9. The van der Waals surface area contributed by atoms with Crippen LogP contribution in [0.3, 0.4) is 0 Å². The number of aromatic hydroxyl groups is 2. The van der Waals surface area contributed by atoms with Crippen LogP contribution in [0.1, 0.15) is 0 Å². The lowest BCUT2D eigenvalue weighted by molar-refractivity contribution is 0.475. The van der Waals surface area contributed by atoms with Crippen LogP contribution >= 0.6 is 0 Å². The molecule has 0 heterocycles.